The van der Waals surface area contributed by atoms with Gasteiger partial charge in [-0.25, -0.2) is 0 Å². The third kappa shape index (κ3) is 4.31. The minimum Gasteiger partial charge on any atom is -0.339 e. The first-order valence-electron chi connectivity index (χ1n) is 9.37. The summed E-state index contributed by atoms with van der Waals surface area (Å²) in [4.78, 5) is 21.4. The van der Waals surface area contributed by atoms with Crippen molar-refractivity contribution < 1.29 is 9.32 Å². The number of rotatable bonds is 4. The molecular formula is C19H26ClN5O2. The van der Waals surface area contributed by atoms with Crippen LogP contribution < -0.4 is 5.32 Å². The van der Waals surface area contributed by atoms with E-state index in [1.807, 2.05) is 35.2 Å². The van der Waals surface area contributed by atoms with Gasteiger partial charge in [0.2, 0.25) is 17.6 Å². The van der Waals surface area contributed by atoms with Gasteiger partial charge in [-0.1, -0.05) is 35.5 Å². The van der Waals surface area contributed by atoms with Crippen LogP contribution in [0.1, 0.15) is 31.7 Å². The van der Waals surface area contributed by atoms with Crippen LogP contribution >= 0.6 is 12.4 Å². The molecule has 0 bridgehead atoms. The molecule has 1 N–H and O–H groups in total. The van der Waals surface area contributed by atoms with Crippen LogP contribution in [0.25, 0.3) is 11.4 Å². The Morgan fingerprint density at radius 2 is 1.96 bits per heavy atom. The van der Waals surface area contributed by atoms with E-state index in [4.69, 9.17) is 4.52 Å². The molecule has 2 atom stereocenters. The predicted octanol–water partition coefficient (Wildman–Crippen LogP) is 2.12. The molecule has 0 spiro atoms. The maximum atomic E-state index is 12.5. The number of benzene rings is 1. The fourth-order valence-corrected chi connectivity index (χ4v) is 3.71. The van der Waals surface area contributed by atoms with Crippen molar-refractivity contribution in [2.75, 3.05) is 32.7 Å². The van der Waals surface area contributed by atoms with E-state index >= 15 is 0 Å². The summed E-state index contributed by atoms with van der Waals surface area (Å²) in [6, 6.07) is 9.90. The Morgan fingerprint density at radius 1 is 1.22 bits per heavy atom. The highest BCUT2D eigenvalue weighted by molar-refractivity contribution is 5.85. The van der Waals surface area contributed by atoms with E-state index in [0.29, 0.717) is 11.7 Å². The minimum atomic E-state index is 0. The molecule has 2 aliphatic heterocycles. The molecule has 0 radical (unpaired) electrons. The standard InChI is InChI=1S/C19H25N5O2.ClH/c1-14(18-21-17(22-26-18)15-6-3-2-4-7-15)23-10-12-24(13-11-23)19(25)16-8-5-9-20-16;/h2-4,6-7,14,16,20H,5,8-13H2,1H3;1H. The molecule has 2 fully saturated rings. The van der Waals surface area contributed by atoms with Crippen LogP contribution in [-0.4, -0.2) is 64.6 Å². The lowest BCUT2D eigenvalue weighted by molar-refractivity contribution is -0.135. The van der Waals surface area contributed by atoms with Crippen molar-refractivity contribution in [1.82, 2.24) is 25.3 Å². The maximum absolute atomic E-state index is 12.5. The summed E-state index contributed by atoms with van der Waals surface area (Å²) >= 11 is 0. The summed E-state index contributed by atoms with van der Waals surface area (Å²) in [7, 11) is 0. The van der Waals surface area contributed by atoms with Gasteiger partial charge in [0, 0.05) is 31.7 Å². The van der Waals surface area contributed by atoms with Crippen LogP contribution in [0, 0.1) is 0 Å². The van der Waals surface area contributed by atoms with E-state index in [2.05, 4.69) is 27.3 Å². The lowest BCUT2D eigenvalue weighted by atomic mass is 10.1. The smallest absolute Gasteiger partial charge is 0.244 e. The van der Waals surface area contributed by atoms with Crippen molar-refractivity contribution in [3.8, 4) is 11.4 Å². The average Bonchev–Trinajstić information content (AvgIpc) is 3.40. The van der Waals surface area contributed by atoms with E-state index < -0.39 is 0 Å². The second-order valence-electron chi connectivity index (χ2n) is 7.01. The molecule has 1 aromatic carbocycles. The van der Waals surface area contributed by atoms with Crippen molar-refractivity contribution in [3.63, 3.8) is 0 Å². The van der Waals surface area contributed by atoms with E-state index in [0.717, 1.165) is 51.1 Å². The van der Waals surface area contributed by atoms with Gasteiger partial charge in [-0.3, -0.25) is 9.69 Å². The van der Waals surface area contributed by atoms with Gasteiger partial charge >= 0.3 is 0 Å². The molecule has 1 amide bonds. The zero-order valence-corrected chi connectivity index (χ0v) is 16.3. The molecule has 3 heterocycles. The van der Waals surface area contributed by atoms with Crippen molar-refractivity contribution in [2.24, 2.45) is 0 Å². The molecule has 8 heteroatoms. The van der Waals surface area contributed by atoms with Crippen LogP contribution in [0.2, 0.25) is 0 Å². The van der Waals surface area contributed by atoms with Gasteiger partial charge in [0.05, 0.1) is 12.1 Å². The number of hydrogen-bond donors (Lipinski definition) is 1. The van der Waals surface area contributed by atoms with Gasteiger partial charge in [0.15, 0.2) is 0 Å². The van der Waals surface area contributed by atoms with Gasteiger partial charge in [0.25, 0.3) is 0 Å². The number of amides is 1. The Balaban J connectivity index is 0.00000210. The number of piperazine rings is 1. The van der Waals surface area contributed by atoms with Crippen LogP contribution in [0.15, 0.2) is 34.9 Å². The first-order valence-corrected chi connectivity index (χ1v) is 9.37. The van der Waals surface area contributed by atoms with Gasteiger partial charge < -0.3 is 14.7 Å². The lowest BCUT2D eigenvalue weighted by Gasteiger charge is -2.37. The van der Waals surface area contributed by atoms with E-state index in [1.165, 1.54) is 0 Å². The number of nitrogens with one attached hydrogen (secondary N) is 1. The second kappa shape index (κ2) is 8.82. The summed E-state index contributed by atoms with van der Waals surface area (Å²) in [5, 5.41) is 7.41. The molecule has 2 aromatic rings. The highest BCUT2D eigenvalue weighted by Gasteiger charge is 2.31. The van der Waals surface area contributed by atoms with Crippen LogP contribution in [0.3, 0.4) is 0 Å². The molecule has 1 aromatic heterocycles. The zero-order chi connectivity index (χ0) is 17.9. The van der Waals surface area contributed by atoms with Gasteiger partial charge in [-0.2, -0.15) is 4.98 Å². The first-order chi connectivity index (χ1) is 12.7. The Hall–Kier alpha value is -1.96. The highest BCUT2D eigenvalue weighted by Crippen LogP contribution is 2.23. The Labute approximate surface area is 165 Å². The number of halogens is 1. The topological polar surface area (TPSA) is 74.5 Å². The van der Waals surface area contributed by atoms with Gasteiger partial charge in [0.1, 0.15) is 0 Å². The van der Waals surface area contributed by atoms with Crippen molar-refractivity contribution in [3.05, 3.63) is 36.2 Å². The number of carbonyl (C=O) groups excluding carboxylic acids is 1. The molecule has 146 valence electrons. The van der Waals surface area contributed by atoms with Crippen molar-refractivity contribution in [2.45, 2.75) is 31.8 Å². The highest BCUT2D eigenvalue weighted by atomic mass is 35.5. The summed E-state index contributed by atoms with van der Waals surface area (Å²) < 4.78 is 5.50. The molecule has 2 saturated heterocycles. The molecule has 2 aliphatic rings. The van der Waals surface area contributed by atoms with Crippen LogP contribution in [0.4, 0.5) is 0 Å². The van der Waals surface area contributed by atoms with Crippen molar-refractivity contribution in [1.29, 1.82) is 0 Å². The average molecular weight is 392 g/mol. The van der Waals surface area contributed by atoms with Gasteiger partial charge in [-0.05, 0) is 26.3 Å². The molecule has 0 saturated carbocycles. The second-order valence-corrected chi connectivity index (χ2v) is 7.01. The zero-order valence-electron chi connectivity index (χ0n) is 15.5. The fourth-order valence-electron chi connectivity index (χ4n) is 3.71. The van der Waals surface area contributed by atoms with Crippen LogP contribution in [-0.2, 0) is 4.79 Å². The number of carbonyl (C=O) groups is 1. The molecule has 0 aliphatic carbocycles. The summed E-state index contributed by atoms with van der Waals surface area (Å²) in [6.45, 7) is 6.18. The van der Waals surface area contributed by atoms with E-state index in [9.17, 15) is 4.79 Å². The van der Waals surface area contributed by atoms with E-state index in [1.54, 1.807) is 0 Å². The van der Waals surface area contributed by atoms with Gasteiger partial charge in [-0.15, -0.1) is 12.4 Å². The third-order valence-electron chi connectivity index (χ3n) is 5.36. The first kappa shape index (κ1) is 19.8. The summed E-state index contributed by atoms with van der Waals surface area (Å²) in [6.07, 6.45) is 2.05. The Bertz CT molecular complexity index is 740. The summed E-state index contributed by atoms with van der Waals surface area (Å²) in [5.74, 6) is 1.49. The molecule has 4 rings (SSSR count). The van der Waals surface area contributed by atoms with E-state index in [-0.39, 0.29) is 30.4 Å². The Morgan fingerprint density at radius 3 is 2.63 bits per heavy atom. The number of nitrogens with zero attached hydrogens (tertiary/aromatic N) is 4. The minimum absolute atomic E-state index is 0. The van der Waals surface area contributed by atoms with Crippen LogP contribution in [0.5, 0.6) is 0 Å². The molecular weight excluding hydrogens is 366 g/mol. The lowest BCUT2D eigenvalue weighted by Crippen LogP contribution is -2.53. The quantitative estimate of drug-likeness (QED) is 0.860. The molecule has 2 unspecified atom stereocenters. The normalized spacial score (nSPS) is 21.7. The number of aromatic nitrogens is 2. The molecule has 27 heavy (non-hydrogen) atoms. The number of hydrogen-bond acceptors (Lipinski definition) is 6. The van der Waals surface area contributed by atoms with Crippen molar-refractivity contribution >= 4 is 18.3 Å². The fraction of sp³-hybridized carbons (Fsp3) is 0.526. The monoisotopic (exact) mass is 391 g/mol. The molecule has 7 nitrogen and oxygen atoms in total. The predicted molar refractivity (Wildman–Crippen MR) is 105 cm³/mol. The summed E-state index contributed by atoms with van der Waals surface area (Å²) in [5.41, 5.74) is 0.953. The largest absolute Gasteiger partial charge is 0.339 e. The Kier molecular flexibility index (Phi) is 6.46. The third-order valence-corrected chi connectivity index (χ3v) is 5.36. The SMILES string of the molecule is CC(c1nc(-c2ccccc2)no1)N1CCN(C(=O)C2CCCN2)CC1.Cl. The maximum Gasteiger partial charge on any atom is 0.244 e.